The molecule has 0 saturated carbocycles. The van der Waals surface area contributed by atoms with Gasteiger partial charge in [0.15, 0.2) is 0 Å². The minimum Gasteiger partial charge on any atom is -0.480 e. The van der Waals surface area contributed by atoms with Gasteiger partial charge in [0.25, 0.3) is 0 Å². The Morgan fingerprint density at radius 1 is 1.27 bits per heavy atom. The number of carboxylic acids is 1. The van der Waals surface area contributed by atoms with Crippen molar-refractivity contribution >= 4 is 11.9 Å². The highest BCUT2D eigenvalue weighted by Gasteiger charge is 2.49. The first-order valence-electron chi connectivity index (χ1n) is 4.42. The summed E-state index contributed by atoms with van der Waals surface area (Å²) in [6, 6.07) is 0. The molecule has 2 atom stereocenters. The number of esters is 1. The molecule has 0 aromatic heterocycles. The second-order valence-corrected chi connectivity index (χ2v) is 4.45. The van der Waals surface area contributed by atoms with Crippen LogP contribution in [0.3, 0.4) is 0 Å². The van der Waals surface area contributed by atoms with Crippen molar-refractivity contribution in [3.05, 3.63) is 0 Å². The number of aliphatic carboxylic acids is 1. The van der Waals surface area contributed by atoms with E-state index in [0.717, 1.165) is 6.92 Å². The van der Waals surface area contributed by atoms with Crippen LogP contribution in [-0.4, -0.2) is 34.0 Å². The fourth-order valence-electron chi connectivity index (χ4n) is 0.719. The predicted molar refractivity (Wildman–Crippen MR) is 51.8 cm³/mol. The highest BCUT2D eigenvalue weighted by atomic mass is 16.6. The molecule has 0 radical (unpaired) electrons. The lowest BCUT2D eigenvalue weighted by atomic mass is 9.88. The average Bonchev–Trinajstić information content (AvgIpc) is 1.98. The molecular formula is C9H17NO5. The summed E-state index contributed by atoms with van der Waals surface area (Å²) in [5, 5.41) is 17.9. The molecule has 4 N–H and O–H groups in total. The molecule has 0 aromatic rings. The number of hydrogen-bond donors (Lipinski definition) is 3. The van der Waals surface area contributed by atoms with Gasteiger partial charge in [-0.25, -0.2) is 0 Å². The van der Waals surface area contributed by atoms with E-state index in [1.54, 1.807) is 20.8 Å². The van der Waals surface area contributed by atoms with Gasteiger partial charge in [-0.15, -0.1) is 0 Å². The molecule has 0 aliphatic carbocycles. The van der Waals surface area contributed by atoms with Crippen LogP contribution in [-0.2, 0) is 14.3 Å². The van der Waals surface area contributed by atoms with Crippen LogP contribution in [0.15, 0.2) is 0 Å². The summed E-state index contributed by atoms with van der Waals surface area (Å²) in [7, 11) is 0. The van der Waals surface area contributed by atoms with Gasteiger partial charge in [0.2, 0.25) is 5.41 Å². The zero-order valence-electron chi connectivity index (χ0n) is 9.27. The van der Waals surface area contributed by atoms with E-state index in [9.17, 15) is 9.59 Å². The molecule has 0 fully saturated rings. The molecule has 0 aliphatic heterocycles. The molecule has 15 heavy (non-hydrogen) atoms. The maximum atomic E-state index is 11.5. The van der Waals surface area contributed by atoms with Gasteiger partial charge in [-0.2, -0.15) is 0 Å². The molecule has 0 heterocycles. The van der Waals surface area contributed by atoms with E-state index < -0.39 is 29.2 Å². The highest BCUT2D eigenvalue weighted by molar-refractivity contribution is 5.99. The fourth-order valence-corrected chi connectivity index (χ4v) is 0.719. The maximum absolute atomic E-state index is 11.5. The van der Waals surface area contributed by atoms with Crippen LogP contribution in [0.5, 0.6) is 0 Å². The largest absolute Gasteiger partial charge is 0.480 e. The first-order chi connectivity index (χ1) is 6.51. The van der Waals surface area contributed by atoms with E-state index in [1.807, 2.05) is 0 Å². The Kier molecular flexibility index (Phi) is 3.84. The van der Waals surface area contributed by atoms with Crippen LogP contribution in [0.2, 0.25) is 0 Å². The van der Waals surface area contributed by atoms with Crippen LogP contribution in [0.25, 0.3) is 0 Å². The quantitative estimate of drug-likeness (QED) is 0.341. The molecule has 1 unspecified atom stereocenters. The smallest absolute Gasteiger partial charge is 0.327 e. The maximum Gasteiger partial charge on any atom is 0.327 e. The second-order valence-electron chi connectivity index (χ2n) is 4.45. The number of nitrogens with two attached hydrogens (primary N) is 1. The van der Waals surface area contributed by atoms with Gasteiger partial charge in [0.05, 0.1) is 0 Å². The van der Waals surface area contributed by atoms with E-state index in [-0.39, 0.29) is 0 Å². The summed E-state index contributed by atoms with van der Waals surface area (Å²) in [5.41, 5.74) is 2.09. The number of hydrogen-bond acceptors (Lipinski definition) is 5. The molecule has 6 heteroatoms. The van der Waals surface area contributed by atoms with Crippen molar-refractivity contribution in [1.29, 1.82) is 0 Å². The predicted octanol–water partition coefficient (Wildman–Crippen LogP) is -0.304. The van der Waals surface area contributed by atoms with Gasteiger partial charge in [0, 0.05) is 0 Å². The first-order valence-corrected chi connectivity index (χ1v) is 4.42. The van der Waals surface area contributed by atoms with Crippen molar-refractivity contribution < 1.29 is 24.5 Å². The zero-order chi connectivity index (χ0) is 12.4. The number of carbonyl (C=O) groups is 2. The van der Waals surface area contributed by atoms with Crippen molar-refractivity contribution in [2.75, 3.05) is 0 Å². The first kappa shape index (κ1) is 13.9. The molecule has 0 aromatic carbocycles. The number of aliphatic hydroxyl groups excluding tert-OH is 1. The SMILES string of the molecule is CC(C)(C)OC(=O)[C@](C)(C(=O)O)C(N)O. The number of rotatable bonds is 3. The van der Waals surface area contributed by atoms with Crippen LogP contribution >= 0.6 is 0 Å². The van der Waals surface area contributed by atoms with Crippen LogP contribution in [0, 0.1) is 5.41 Å². The van der Waals surface area contributed by atoms with Crippen molar-refractivity contribution in [3.8, 4) is 0 Å². The Morgan fingerprint density at radius 3 is 1.87 bits per heavy atom. The number of aliphatic hydroxyl groups is 1. The second kappa shape index (κ2) is 4.16. The Hall–Kier alpha value is -1.14. The standard InChI is InChI=1S/C9H17NO5/c1-8(2,3)15-7(14)9(4,5(10)11)6(12)13/h5,11H,10H2,1-4H3,(H,12,13)/t5?,9-/m0/s1. The minimum atomic E-state index is -2.15. The summed E-state index contributed by atoms with van der Waals surface area (Å²) in [5.74, 6) is -2.58. The van der Waals surface area contributed by atoms with E-state index >= 15 is 0 Å². The van der Waals surface area contributed by atoms with Crippen LogP contribution in [0.4, 0.5) is 0 Å². The average molecular weight is 219 g/mol. The Bertz CT molecular complexity index is 268. The number of carboxylic acid groups (broad SMARTS) is 1. The highest BCUT2D eigenvalue weighted by Crippen LogP contribution is 2.24. The molecule has 0 amide bonds. The summed E-state index contributed by atoms with van der Waals surface area (Å²) >= 11 is 0. The summed E-state index contributed by atoms with van der Waals surface area (Å²) < 4.78 is 4.87. The minimum absolute atomic E-state index is 0.831. The summed E-state index contributed by atoms with van der Waals surface area (Å²) in [4.78, 5) is 22.4. The lowest BCUT2D eigenvalue weighted by molar-refractivity contribution is -0.183. The normalized spacial score (nSPS) is 17.7. The topological polar surface area (TPSA) is 110 Å². The Morgan fingerprint density at radius 2 is 1.67 bits per heavy atom. The number of ether oxygens (including phenoxy) is 1. The van der Waals surface area contributed by atoms with Gasteiger partial charge in [-0.3, -0.25) is 9.59 Å². The number of carbonyl (C=O) groups excluding carboxylic acids is 1. The van der Waals surface area contributed by atoms with Crippen molar-refractivity contribution in [1.82, 2.24) is 0 Å². The van der Waals surface area contributed by atoms with Gasteiger partial charge in [-0.05, 0) is 27.7 Å². The van der Waals surface area contributed by atoms with Crippen LogP contribution < -0.4 is 5.73 Å². The van der Waals surface area contributed by atoms with Crippen molar-refractivity contribution in [3.63, 3.8) is 0 Å². The summed E-state index contributed by atoms with van der Waals surface area (Å²) in [6.07, 6.45) is -1.81. The third-order valence-corrected chi connectivity index (χ3v) is 1.86. The third-order valence-electron chi connectivity index (χ3n) is 1.86. The summed E-state index contributed by atoms with van der Waals surface area (Å²) in [6.45, 7) is 5.80. The molecule has 0 rings (SSSR count). The molecule has 0 aliphatic rings. The molecular weight excluding hydrogens is 202 g/mol. The third kappa shape index (κ3) is 3.17. The monoisotopic (exact) mass is 219 g/mol. The van der Waals surface area contributed by atoms with Gasteiger partial charge >= 0.3 is 11.9 Å². The molecule has 88 valence electrons. The van der Waals surface area contributed by atoms with E-state index in [1.165, 1.54) is 0 Å². The Labute approximate surface area is 88.0 Å². The lowest BCUT2D eigenvalue weighted by Crippen LogP contribution is -2.53. The fraction of sp³-hybridized carbons (Fsp3) is 0.778. The zero-order valence-corrected chi connectivity index (χ0v) is 9.27. The van der Waals surface area contributed by atoms with Crippen molar-refractivity contribution in [2.24, 2.45) is 11.1 Å². The van der Waals surface area contributed by atoms with Gasteiger partial charge < -0.3 is 20.7 Å². The Balaban J connectivity index is 4.97. The lowest BCUT2D eigenvalue weighted by Gasteiger charge is -2.29. The molecule has 6 nitrogen and oxygen atoms in total. The molecule has 0 spiro atoms. The van der Waals surface area contributed by atoms with Crippen LogP contribution in [0.1, 0.15) is 27.7 Å². The molecule has 0 bridgehead atoms. The van der Waals surface area contributed by atoms with E-state index in [4.69, 9.17) is 20.7 Å². The van der Waals surface area contributed by atoms with E-state index in [0.29, 0.717) is 0 Å². The molecule has 0 saturated heterocycles. The van der Waals surface area contributed by atoms with E-state index in [2.05, 4.69) is 0 Å². The van der Waals surface area contributed by atoms with Crippen molar-refractivity contribution in [2.45, 2.75) is 39.5 Å². The van der Waals surface area contributed by atoms with Gasteiger partial charge in [-0.1, -0.05) is 0 Å². The van der Waals surface area contributed by atoms with Gasteiger partial charge in [0.1, 0.15) is 11.8 Å².